The molecule has 0 unspecified atom stereocenters. The number of fused-ring (bicyclic) bond motifs is 6. The molecule has 4 heteroatoms. The standard InChI is InChI=1S/C48H30F2N2/c49-43-13-5-1-9-37(43)33-21-27-41-39-11-3-7-15-45(39)51(47(41)29-33)35-23-17-31(18-24-35)32-19-25-36(26-20-32)52-46-16-8-4-12-40(46)42-28-22-34(30-48(42)52)38-10-2-6-14-44(38)50/h1-30H. The topological polar surface area (TPSA) is 9.86 Å². The van der Waals surface area contributed by atoms with Crippen molar-refractivity contribution in [2.24, 2.45) is 0 Å². The molecule has 246 valence electrons. The first-order chi connectivity index (χ1) is 25.6. The number of benzene rings is 8. The van der Waals surface area contributed by atoms with Gasteiger partial charge in [0.1, 0.15) is 11.6 Å². The molecule has 10 rings (SSSR count). The zero-order valence-corrected chi connectivity index (χ0v) is 28.0. The Hall–Kier alpha value is -6.78. The number of para-hydroxylation sites is 2. The first-order valence-electron chi connectivity index (χ1n) is 17.4. The van der Waals surface area contributed by atoms with Crippen LogP contribution in [0.25, 0.3) is 88.4 Å². The van der Waals surface area contributed by atoms with Crippen LogP contribution in [0.4, 0.5) is 8.78 Å². The van der Waals surface area contributed by atoms with E-state index in [1.807, 2.05) is 36.4 Å². The summed E-state index contributed by atoms with van der Waals surface area (Å²) in [5.74, 6) is -0.462. The SMILES string of the molecule is Fc1ccccc1-c1ccc2c3ccccc3n(-c3ccc(-c4ccc(-n5c6ccccc6c6ccc(-c7ccccc7F)cc65)cc4)cc3)c2c1. The van der Waals surface area contributed by atoms with E-state index in [4.69, 9.17) is 0 Å². The summed E-state index contributed by atoms with van der Waals surface area (Å²) in [5.41, 5.74) is 11.4. The van der Waals surface area contributed by atoms with Gasteiger partial charge in [0, 0.05) is 44.0 Å². The molecule has 0 aliphatic heterocycles. The molecule has 0 saturated carbocycles. The average Bonchev–Trinajstić information content (AvgIpc) is 3.70. The van der Waals surface area contributed by atoms with E-state index in [1.165, 1.54) is 12.1 Å². The molecule has 2 aromatic heterocycles. The fourth-order valence-electron chi connectivity index (χ4n) is 7.83. The second kappa shape index (κ2) is 11.9. The van der Waals surface area contributed by atoms with Crippen molar-refractivity contribution >= 4 is 43.6 Å². The first-order valence-corrected chi connectivity index (χ1v) is 17.4. The van der Waals surface area contributed by atoms with Crippen molar-refractivity contribution in [3.8, 4) is 44.8 Å². The third-order valence-corrected chi connectivity index (χ3v) is 10.3. The van der Waals surface area contributed by atoms with Crippen LogP contribution in [0, 0.1) is 11.6 Å². The summed E-state index contributed by atoms with van der Waals surface area (Å²) in [6.45, 7) is 0. The summed E-state index contributed by atoms with van der Waals surface area (Å²) in [6, 6.07) is 60.3. The van der Waals surface area contributed by atoms with Gasteiger partial charge in [0.2, 0.25) is 0 Å². The maximum absolute atomic E-state index is 14.8. The number of rotatable bonds is 5. The fourth-order valence-corrected chi connectivity index (χ4v) is 7.83. The van der Waals surface area contributed by atoms with Crippen LogP contribution >= 0.6 is 0 Å². The van der Waals surface area contributed by atoms with Crippen molar-refractivity contribution < 1.29 is 8.78 Å². The van der Waals surface area contributed by atoms with Crippen LogP contribution in [0.15, 0.2) is 182 Å². The van der Waals surface area contributed by atoms with E-state index in [9.17, 15) is 8.78 Å². The second-order valence-corrected chi connectivity index (χ2v) is 13.2. The molecule has 0 amide bonds. The molecular weight excluding hydrogens is 643 g/mol. The molecule has 0 bridgehead atoms. The highest BCUT2D eigenvalue weighted by Gasteiger charge is 2.16. The van der Waals surface area contributed by atoms with Crippen LogP contribution in [0.5, 0.6) is 0 Å². The minimum absolute atomic E-state index is 0.231. The molecule has 0 atom stereocenters. The average molecular weight is 673 g/mol. The summed E-state index contributed by atoms with van der Waals surface area (Å²) in [5, 5.41) is 4.56. The van der Waals surface area contributed by atoms with E-state index in [1.54, 1.807) is 12.1 Å². The van der Waals surface area contributed by atoms with Crippen molar-refractivity contribution in [1.29, 1.82) is 0 Å². The number of hydrogen-bond acceptors (Lipinski definition) is 0. The summed E-state index contributed by atoms with van der Waals surface area (Å²) in [6.07, 6.45) is 0. The van der Waals surface area contributed by atoms with Gasteiger partial charge in [-0.15, -0.1) is 0 Å². The van der Waals surface area contributed by atoms with Gasteiger partial charge >= 0.3 is 0 Å². The minimum Gasteiger partial charge on any atom is -0.309 e. The molecule has 0 N–H and O–H groups in total. The maximum atomic E-state index is 14.8. The Labute approximate surface area is 299 Å². The number of nitrogens with zero attached hydrogens (tertiary/aromatic N) is 2. The van der Waals surface area contributed by atoms with Crippen molar-refractivity contribution in [3.63, 3.8) is 0 Å². The monoisotopic (exact) mass is 672 g/mol. The third kappa shape index (κ3) is 4.76. The molecular formula is C48H30F2N2. The highest BCUT2D eigenvalue weighted by molar-refractivity contribution is 6.11. The van der Waals surface area contributed by atoms with Gasteiger partial charge in [-0.1, -0.05) is 121 Å². The first kappa shape index (κ1) is 30.1. The van der Waals surface area contributed by atoms with Crippen LogP contribution in [0.1, 0.15) is 0 Å². The van der Waals surface area contributed by atoms with E-state index < -0.39 is 0 Å². The van der Waals surface area contributed by atoms with Crippen molar-refractivity contribution in [1.82, 2.24) is 9.13 Å². The molecule has 2 heterocycles. The van der Waals surface area contributed by atoms with E-state index in [2.05, 4.69) is 130 Å². The van der Waals surface area contributed by atoms with Gasteiger partial charge < -0.3 is 9.13 Å². The Bertz CT molecular complexity index is 2760. The van der Waals surface area contributed by atoms with E-state index in [0.717, 1.165) is 77.2 Å². The smallest absolute Gasteiger partial charge is 0.131 e. The molecule has 52 heavy (non-hydrogen) atoms. The molecule has 0 radical (unpaired) electrons. The fraction of sp³-hybridized carbons (Fsp3) is 0. The summed E-state index contributed by atoms with van der Waals surface area (Å²) in [4.78, 5) is 0. The largest absolute Gasteiger partial charge is 0.309 e. The number of aromatic nitrogens is 2. The summed E-state index contributed by atoms with van der Waals surface area (Å²) >= 11 is 0. The van der Waals surface area contributed by atoms with E-state index in [0.29, 0.717) is 11.1 Å². The van der Waals surface area contributed by atoms with Gasteiger partial charge in [0.25, 0.3) is 0 Å². The lowest BCUT2D eigenvalue weighted by Crippen LogP contribution is -1.95. The van der Waals surface area contributed by atoms with Crippen LogP contribution in [0.3, 0.4) is 0 Å². The van der Waals surface area contributed by atoms with Crippen molar-refractivity contribution in [3.05, 3.63) is 194 Å². The lowest BCUT2D eigenvalue weighted by Gasteiger charge is -2.12. The quantitative estimate of drug-likeness (QED) is 0.172. The van der Waals surface area contributed by atoms with Crippen LogP contribution in [-0.2, 0) is 0 Å². The predicted molar refractivity (Wildman–Crippen MR) is 211 cm³/mol. The Morgan fingerprint density at radius 2 is 0.635 bits per heavy atom. The zero-order chi connectivity index (χ0) is 34.8. The molecule has 0 aliphatic carbocycles. The highest BCUT2D eigenvalue weighted by atomic mass is 19.1. The predicted octanol–water partition coefficient (Wildman–Crippen LogP) is 13.2. The van der Waals surface area contributed by atoms with Crippen LogP contribution < -0.4 is 0 Å². The molecule has 10 aromatic rings. The Morgan fingerprint density at radius 1 is 0.288 bits per heavy atom. The lowest BCUT2D eigenvalue weighted by atomic mass is 10.0. The Morgan fingerprint density at radius 3 is 1.06 bits per heavy atom. The number of halogens is 2. The van der Waals surface area contributed by atoms with Gasteiger partial charge in [0.05, 0.1) is 22.1 Å². The molecule has 8 aromatic carbocycles. The van der Waals surface area contributed by atoms with Crippen molar-refractivity contribution in [2.75, 3.05) is 0 Å². The van der Waals surface area contributed by atoms with Crippen LogP contribution in [-0.4, -0.2) is 9.13 Å². The summed E-state index contributed by atoms with van der Waals surface area (Å²) < 4.78 is 34.2. The maximum Gasteiger partial charge on any atom is 0.131 e. The zero-order valence-electron chi connectivity index (χ0n) is 28.0. The summed E-state index contributed by atoms with van der Waals surface area (Å²) in [7, 11) is 0. The van der Waals surface area contributed by atoms with Gasteiger partial charge in [-0.2, -0.15) is 0 Å². The van der Waals surface area contributed by atoms with Gasteiger partial charge in [-0.05, 0) is 82.9 Å². The van der Waals surface area contributed by atoms with Gasteiger partial charge in [-0.25, -0.2) is 8.78 Å². The molecule has 0 spiro atoms. The number of hydrogen-bond donors (Lipinski definition) is 0. The molecule has 0 fully saturated rings. The minimum atomic E-state index is -0.231. The molecule has 0 saturated heterocycles. The second-order valence-electron chi connectivity index (χ2n) is 13.2. The van der Waals surface area contributed by atoms with Crippen molar-refractivity contribution in [2.45, 2.75) is 0 Å². The van der Waals surface area contributed by atoms with Gasteiger partial charge in [-0.3, -0.25) is 0 Å². The van der Waals surface area contributed by atoms with Gasteiger partial charge in [0.15, 0.2) is 0 Å². The van der Waals surface area contributed by atoms with Crippen LogP contribution in [0.2, 0.25) is 0 Å². The Balaban J connectivity index is 1.04. The highest BCUT2D eigenvalue weighted by Crippen LogP contribution is 2.38. The molecule has 0 aliphatic rings. The van der Waals surface area contributed by atoms with E-state index >= 15 is 0 Å². The third-order valence-electron chi connectivity index (χ3n) is 10.3. The lowest BCUT2D eigenvalue weighted by molar-refractivity contribution is 0.631. The Kier molecular flexibility index (Phi) is 6.90. The molecule has 2 nitrogen and oxygen atoms in total. The normalized spacial score (nSPS) is 11.7. The van der Waals surface area contributed by atoms with E-state index in [-0.39, 0.29) is 11.6 Å².